The van der Waals surface area contributed by atoms with Crippen molar-refractivity contribution in [2.45, 2.75) is 6.92 Å². The minimum atomic E-state index is -0.488. The van der Waals surface area contributed by atoms with Gasteiger partial charge in [0.2, 0.25) is 0 Å². The lowest BCUT2D eigenvalue weighted by Crippen LogP contribution is -2.41. The molecule has 2 amide bonds. The highest BCUT2D eigenvalue weighted by atomic mass is 79.9. The predicted octanol–water partition coefficient (Wildman–Crippen LogP) is 3.64. The lowest BCUT2D eigenvalue weighted by Gasteiger charge is -2.04. The molecule has 0 bridgehead atoms. The molecule has 0 saturated heterocycles. The number of hydrogen-bond donors (Lipinski definition) is 2. The van der Waals surface area contributed by atoms with E-state index in [4.69, 9.17) is 4.42 Å². The van der Waals surface area contributed by atoms with Crippen molar-refractivity contribution in [2.24, 2.45) is 0 Å². The number of thiophene rings is 1. The summed E-state index contributed by atoms with van der Waals surface area (Å²) in [6, 6.07) is 10.8. The van der Waals surface area contributed by atoms with Crippen LogP contribution >= 0.6 is 27.3 Å². The largest absolute Gasteiger partial charge is 0.451 e. The fraction of sp³-hybridized carbons (Fsp3) is 0.0667. The molecular weight excluding hydrogens is 368 g/mol. The fourth-order valence-corrected chi connectivity index (χ4v) is 3.34. The van der Waals surface area contributed by atoms with E-state index in [1.807, 2.05) is 18.2 Å². The molecule has 0 aliphatic carbocycles. The normalized spacial score (nSPS) is 10.6. The van der Waals surface area contributed by atoms with E-state index in [1.165, 1.54) is 11.3 Å². The number of halogens is 1. The molecule has 2 N–H and O–H groups in total. The van der Waals surface area contributed by atoms with Gasteiger partial charge in [0, 0.05) is 10.9 Å². The number of benzene rings is 1. The Hall–Kier alpha value is -2.12. The van der Waals surface area contributed by atoms with Crippen LogP contribution in [-0.2, 0) is 0 Å². The Morgan fingerprint density at radius 1 is 1.09 bits per heavy atom. The van der Waals surface area contributed by atoms with Gasteiger partial charge >= 0.3 is 5.91 Å². The highest BCUT2D eigenvalue weighted by Crippen LogP contribution is 2.25. The third-order valence-corrected chi connectivity index (χ3v) is 4.76. The second kappa shape index (κ2) is 5.94. The van der Waals surface area contributed by atoms with E-state index < -0.39 is 5.91 Å². The zero-order valence-corrected chi connectivity index (χ0v) is 13.9. The number of hydrazine groups is 1. The van der Waals surface area contributed by atoms with Gasteiger partial charge in [0.25, 0.3) is 5.91 Å². The van der Waals surface area contributed by atoms with Gasteiger partial charge in [-0.3, -0.25) is 20.4 Å². The van der Waals surface area contributed by atoms with Gasteiger partial charge in [-0.1, -0.05) is 18.2 Å². The monoisotopic (exact) mass is 378 g/mol. The second-order valence-electron chi connectivity index (χ2n) is 4.56. The topological polar surface area (TPSA) is 71.3 Å². The maximum Gasteiger partial charge on any atom is 0.305 e. The van der Waals surface area contributed by atoms with E-state index in [0.717, 1.165) is 14.7 Å². The fourth-order valence-electron chi connectivity index (χ4n) is 2.06. The van der Waals surface area contributed by atoms with Gasteiger partial charge < -0.3 is 4.42 Å². The van der Waals surface area contributed by atoms with Gasteiger partial charge in [0.05, 0.1) is 8.66 Å². The molecule has 0 aliphatic rings. The standard InChI is InChI=1S/C15H11BrN2O3S/c1-8-9-4-2-3-5-10(9)21-13(8)15(20)18-17-14(19)11-6-7-12(16)22-11/h2-7H,1H3,(H,17,19)(H,18,20). The van der Waals surface area contributed by atoms with Gasteiger partial charge in [-0.2, -0.15) is 0 Å². The second-order valence-corrected chi connectivity index (χ2v) is 7.03. The van der Waals surface area contributed by atoms with E-state index in [0.29, 0.717) is 10.5 Å². The van der Waals surface area contributed by atoms with Crippen molar-refractivity contribution in [2.75, 3.05) is 0 Å². The molecule has 7 heteroatoms. The molecule has 3 rings (SSSR count). The third kappa shape index (κ3) is 2.77. The zero-order valence-electron chi connectivity index (χ0n) is 11.5. The summed E-state index contributed by atoms with van der Waals surface area (Å²) in [6.45, 7) is 1.80. The number of hydrogen-bond acceptors (Lipinski definition) is 4. The number of carbonyl (C=O) groups excluding carboxylic acids is 2. The number of nitrogens with one attached hydrogen (secondary N) is 2. The Balaban J connectivity index is 1.73. The maximum absolute atomic E-state index is 12.2. The summed E-state index contributed by atoms with van der Waals surface area (Å²) < 4.78 is 6.38. The molecular formula is C15H11BrN2O3S. The van der Waals surface area contributed by atoms with Crippen molar-refractivity contribution in [3.63, 3.8) is 0 Å². The van der Waals surface area contributed by atoms with Gasteiger partial charge in [0.1, 0.15) is 5.58 Å². The molecule has 1 aromatic carbocycles. The van der Waals surface area contributed by atoms with Crippen LogP contribution in [0.2, 0.25) is 0 Å². The summed E-state index contributed by atoms with van der Waals surface area (Å²) in [5, 5.41) is 0.876. The Morgan fingerprint density at radius 3 is 2.50 bits per heavy atom. The van der Waals surface area contributed by atoms with E-state index in [9.17, 15) is 9.59 Å². The summed E-state index contributed by atoms with van der Waals surface area (Å²) in [7, 11) is 0. The molecule has 0 radical (unpaired) electrons. The Morgan fingerprint density at radius 2 is 1.82 bits per heavy atom. The van der Waals surface area contributed by atoms with Crippen molar-refractivity contribution in [3.8, 4) is 0 Å². The van der Waals surface area contributed by atoms with E-state index in [2.05, 4.69) is 26.8 Å². The Bertz CT molecular complexity index is 869. The number of carbonyl (C=O) groups is 2. The van der Waals surface area contributed by atoms with E-state index in [1.54, 1.807) is 25.1 Å². The third-order valence-electron chi connectivity index (χ3n) is 3.14. The maximum atomic E-state index is 12.2. The number of para-hydroxylation sites is 1. The van der Waals surface area contributed by atoms with Gasteiger partial charge in [0.15, 0.2) is 5.76 Å². The molecule has 0 spiro atoms. The number of fused-ring (bicyclic) bond motifs is 1. The number of rotatable bonds is 2. The Labute approximate surface area is 138 Å². The molecule has 2 aromatic heterocycles. The molecule has 0 saturated carbocycles. The van der Waals surface area contributed by atoms with Crippen molar-refractivity contribution >= 4 is 50.1 Å². The molecule has 3 aromatic rings. The summed E-state index contributed by atoms with van der Waals surface area (Å²) in [5.74, 6) is -0.677. The minimum absolute atomic E-state index is 0.189. The molecule has 0 fully saturated rings. The van der Waals surface area contributed by atoms with Crippen molar-refractivity contribution in [1.82, 2.24) is 10.9 Å². The number of aryl methyl sites for hydroxylation is 1. The van der Waals surface area contributed by atoms with Crippen LogP contribution in [0.4, 0.5) is 0 Å². The van der Waals surface area contributed by atoms with Gasteiger partial charge in [-0.05, 0) is 41.1 Å². The van der Waals surface area contributed by atoms with Gasteiger partial charge in [-0.25, -0.2) is 0 Å². The molecule has 0 unspecified atom stereocenters. The molecule has 2 heterocycles. The lowest BCUT2D eigenvalue weighted by atomic mass is 10.1. The molecule has 0 atom stereocenters. The first-order chi connectivity index (χ1) is 10.6. The predicted molar refractivity (Wildman–Crippen MR) is 87.9 cm³/mol. The lowest BCUT2D eigenvalue weighted by molar-refractivity contribution is 0.0833. The van der Waals surface area contributed by atoms with Crippen molar-refractivity contribution < 1.29 is 14.0 Å². The van der Waals surface area contributed by atoms with E-state index >= 15 is 0 Å². The molecule has 22 heavy (non-hydrogen) atoms. The van der Waals surface area contributed by atoms with Crippen LogP contribution < -0.4 is 10.9 Å². The highest BCUT2D eigenvalue weighted by molar-refractivity contribution is 9.11. The molecule has 0 aliphatic heterocycles. The van der Waals surface area contributed by atoms with Crippen LogP contribution in [0.1, 0.15) is 25.8 Å². The first-order valence-corrected chi connectivity index (χ1v) is 8.01. The van der Waals surface area contributed by atoms with Crippen LogP contribution in [0.15, 0.2) is 44.6 Å². The van der Waals surface area contributed by atoms with Crippen LogP contribution in [0, 0.1) is 6.92 Å². The van der Waals surface area contributed by atoms with Crippen molar-refractivity contribution in [1.29, 1.82) is 0 Å². The highest BCUT2D eigenvalue weighted by Gasteiger charge is 2.18. The molecule has 112 valence electrons. The summed E-state index contributed by atoms with van der Waals surface area (Å²) in [6.07, 6.45) is 0. The average Bonchev–Trinajstić information content (AvgIpc) is 3.09. The quantitative estimate of drug-likeness (QED) is 0.668. The number of amides is 2. The van der Waals surface area contributed by atoms with Crippen LogP contribution in [0.3, 0.4) is 0 Å². The number of furan rings is 1. The van der Waals surface area contributed by atoms with Crippen LogP contribution in [0.5, 0.6) is 0 Å². The summed E-state index contributed by atoms with van der Waals surface area (Å²) in [5.41, 5.74) is 6.12. The average molecular weight is 379 g/mol. The SMILES string of the molecule is Cc1c(C(=O)NNC(=O)c2ccc(Br)s2)oc2ccccc12. The van der Waals surface area contributed by atoms with Crippen LogP contribution in [-0.4, -0.2) is 11.8 Å². The first kappa shape index (κ1) is 14.8. The summed E-state index contributed by atoms with van der Waals surface area (Å²) >= 11 is 4.56. The van der Waals surface area contributed by atoms with E-state index in [-0.39, 0.29) is 11.7 Å². The zero-order chi connectivity index (χ0) is 15.7. The minimum Gasteiger partial charge on any atom is -0.451 e. The van der Waals surface area contributed by atoms with Gasteiger partial charge in [-0.15, -0.1) is 11.3 Å². The van der Waals surface area contributed by atoms with Crippen LogP contribution in [0.25, 0.3) is 11.0 Å². The summed E-state index contributed by atoms with van der Waals surface area (Å²) in [4.78, 5) is 24.5. The van der Waals surface area contributed by atoms with Crippen molar-refractivity contribution in [3.05, 3.63) is 56.4 Å². The first-order valence-electron chi connectivity index (χ1n) is 6.40. The molecule has 5 nitrogen and oxygen atoms in total. The Kier molecular flexibility index (Phi) is 4.00. The smallest absolute Gasteiger partial charge is 0.305 e.